The molecule has 0 unspecified atom stereocenters. The highest BCUT2D eigenvalue weighted by Gasteiger charge is 1.99. The lowest BCUT2D eigenvalue weighted by atomic mass is 10.1. The van der Waals surface area contributed by atoms with Gasteiger partial charge in [0, 0.05) is 13.0 Å². The number of nitrogens with one attached hydrogen (secondary N) is 1. The maximum Gasteiger partial charge on any atom is 0.219 e. The van der Waals surface area contributed by atoms with Gasteiger partial charge < -0.3 is 5.32 Å². The molecule has 78 valence electrons. The van der Waals surface area contributed by atoms with Gasteiger partial charge in [0.25, 0.3) is 0 Å². The van der Waals surface area contributed by atoms with Crippen LogP contribution < -0.4 is 5.32 Å². The van der Waals surface area contributed by atoms with Crippen LogP contribution in [0.15, 0.2) is 0 Å². The molecule has 0 saturated carbocycles. The lowest BCUT2D eigenvalue weighted by molar-refractivity contribution is -0.121. The van der Waals surface area contributed by atoms with Crippen molar-refractivity contribution in [2.75, 3.05) is 6.54 Å². The first-order valence-electron chi connectivity index (χ1n) is 5.43. The Kier molecular flexibility index (Phi) is 7.76. The van der Waals surface area contributed by atoms with E-state index in [0.29, 0.717) is 6.42 Å². The van der Waals surface area contributed by atoms with Crippen molar-refractivity contribution < 1.29 is 4.79 Å². The van der Waals surface area contributed by atoms with Crippen LogP contribution in [-0.2, 0) is 4.79 Å². The Hall–Kier alpha value is -0.530. The molecule has 0 aliphatic heterocycles. The van der Waals surface area contributed by atoms with Crippen LogP contribution in [0.5, 0.6) is 0 Å². The third kappa shape index (κ3) is 9.38. The molecule has 0 fully saturated rings. The molecule has 0 spiro atoms. The van der Waals surface area contributed by atoms with Crippen LogP contribution >= 0.6 is 0 Å². The van der Waals surface area contributed by atoms with E-state index in [1.807, 2.05) is 0 Å². The van der Waals surface area contributed by atoms with E-state index in [0.717, 1.165) is 31.7 Å². The van der Waals surface area contributed by atoms with Gasteiger partial charge in [0.05, 0.1) is 0 Å². The van der Waals surface area contributed by atoms with Crippen molar-refractivity contribution in [3.05, 3.63) is 0 Å². The average Bonchev–Trinajstić information content (AvgIpc) is 2.08. The molecule has 0 atom stereocenters. The average molecular weight is 185 g/mol. The molecule has 1 N–H and O–H groups in total. The molecule has 0 saturated heterocycles. The van der Waals surface area contributed by atoms with Gasteiger partial charge in [-0.05, 0) is 25.2 Å². The Morgan fingerprint density at radius 2 is 2.00 bits per heavy atom. The molecular formula is C11H23NO. The van der Waals surface area contributed by atoms with E-state index in [4.69, 9.17) is 0 Å². The van der Waals surface area contributed by atoms with Crippen LogP contribution in [0.2, 0.25) is 0 Å². The molecule has 0 aliphatic carbocycles. The summed E-state index contributed by atoms with van der Waals surface area (Å²) in [5.74, 6) is 0.957. The summed E-state index contributed by atoms with van der Waals surface area (Å²) in [6, 6.07) is 0. The molecule has 2 nitrogen and oxygen atoms in total. The van der Waals surface area contributed by atoms with E-state index >= 15 is 0 Å². The van der Waals surface area contributed by atoms with Gasteiger partial charge in [0.15, 0.2) is 0 Å². The molecule has 0 aliphatic rings. The highest BCUT2D eigenvalue weighted by molar-refractivity contribution is 5.75. The first-order chi connectivity index (χ1) is 6.16. The minimum Gasteiger partial charge on any atom is -0.356 e. The van der Waals surface area contributed by atoms with E-state index in [9.17, 15) is 4.79 Å². The third-order valence-corrected chi connectivity index (χ3v) is 2.04. The van der Waals surface area contributed by atoms with Crippen molar-refractivity contribution in [3.8, 4) is 0 Å². The van der Waals surface area contributed by atoms with Crippen molar-refractivity contribution in [2.45, 2.75) is 52.9 Å². The first-order valence-corrected chi connectivity index (χ1v) is 5.43. The fourth-order valence-corrected chi connectivity index (χ4v) is 1.16. The molecule has 1 amide bonds. The van der Waals surface area contributed by atoms with E-state index in [-0.39, 0.29) is 5.91 Å². The number of hydrogen-bond acceptors (Lipinski definition) is 1. The van der Waals surface area contributed by atoms with Crippen LogP contribution in [-0.4, -0.2) is 12.5 Å². The van der Waals surface area contributed by atoms with Crippen molar-refractivity contribution in [3.63, 3.8) is 0 Å². The zero-order chi connectivity index (χ0) is 10.1. The van der Waals surface area contributed by atoms with Crippen molar-refractivity contribution in [1.82, 2.24) is 5.32 Å². The van der Waals surface area contributed by atoms with Crippen LogP contribution in [0.4, 0.5) is 0 Å². The summed E-state index contributed by atoms with van der Waals surface area (Å²) in [5.41, 5.74) is 0. The summed E-state index contributed by atoms with van der Waals surface area (Å²) in [6.07, 6.45) is 5.11. The Morgan fingerprint density at radius 1 is 1.31 bits per heavy atom. The van der Waals surface area contributed by atoms with E-state index in [1.165, 1.54) is 6.42 Å². The Bertz CT molecular complexity index is 132. The largest absolute Gasteiger partial charge is 0.356 e. The fraction of sp³-hybridized carbons (Fsp3) is 0.909. The molecule has 0 radical (unpaired) electrons. The lowest BCUT2D eigenvalue weighted by Gasteiger charge is -2.06. The number of hydrogen-bond donors (Lipinski definition) is 1. The SMILES string of the molecule is CCCCC(=O)NCCCC(C)C. The minimum atomic E-state index is 0.214. The maximum atomic E-state index is 11.1. The maximum absolute atomic E-state index is 11.1. The predicted molar refractivity (Wildman–Crippen MR) is 56.6 cm³/mol. The van der Waals surface area contributed by atoms with Crippen molar-refractivity contribution >= 4 is 5.91 Å². The standard InChI is InChI=1S/C11H23NO/c1-4-5-8-11(13)12-9-6-7-10(2)3/h10H,4-9H2,1-3H3,(H,12,13). The predicted octanol–water partition coefficient (Wildman–Crippen LogP) is 2.73. The van der Waals surface area contributed by atoms with Gasteiger partial charge >= 0.3 is 0 Å². The first kappa shape index (κ1) is 12.5. The number of unbranched alkanes of at least 4 members (excludes halogenated alkanes) is 1. The van der Waals surface area contributed by atoms with Crippen LogP contribution in [0.1, 0.15) is 52.9 Å². The fourth-order valence-electron chi connectivity index (χ4n) is 1.16. The summed E-state index contributed by atoms with van der Waals surface area (Å²) in [6.45, 7) is 7.37. The second-order valence-electron chi connectivity index (χ2n) is 3.99. The Labute approximate surface area is 82.1 Å². The van der Waals surface area contributed by atoms with Gasteiger partial charge in [0.1, 0.15) is 0 Å². The zero-order valence-electron chi connectivity index (χ0n) is 9.23. The number of carbonyl (C=O) groups excluding carboxylic acids is 1. The number of amides is 1. The summed E-state index contributed by atoms with van der Waals surface area (Å²) < 4.78 is 0. The topological polar surface area (TPSA) is 29.1 Å². The molecule has 0 rings (SSSR count). The molecule has 2 heteroatoms. The van der Waals surface area contributed by atoms with Crippen molar-refractivity contribution in [1.29, 1.82) is 0 Å². The number of rotatable bonds is 7. The lowest BCUT2D eigenvalue weighted by Crippen LogP contribution is -2.24. The second-order valence-corrected chi connectivity index (χ2v) is 3.99. The second kappa shape index (κ2) is 8.09. The summed E-state index contributed by atoms with van der Waals surface area (Å²) in [4.78, 5) is 11.1. The highest BCUT2D eigenvalue weighted by Crippen LogP contribution is 2.02. The van der Waals surface area contributed by atoms with Gasteiger partial charge in [-0.2, -0.15) is 0 Å². The normalized spacial score (nSPS) is 10.5. The minimum absolute atomic E-state index is 0.214. The molecule has 13 heavy (non-hydrogen) atoms. The van der Waals surface area contributed by atoms with Gasteiger partial charge in [-0.25, -0.2) is 0 Å². The van der Waals surface area contributed by atoms with Crippen LogP contribution in [0.3, 0.4) is 0 Å². The molecule has 0 aromatic rings. The molecule has 0 bridgehead atoms. The van der Waals surface area contributed by atoms with Gasteiger partial charge in [-0.1, -0.05) is 27.2 Å². The van der Waals surface area contributed by atoms with E-state index in [2.05, 4.69) is 26.1 Å². The highest BCUT2D eigenvalue weighted by atomic mass is 16.1. The van der Waals surface area contributed by atoms with Crippen molar-refractivity contribution in [2.24, 2.45) is 5.92 Å². The monoisotopic (exact) mass is 185 g/mol. The Morgan fingerprint density at radius 3 is 2.54 bits per heavy atom. The number of carbonyl (C=O) groups is 1. The van der Waals surface area contributed by atoms with E-state index < -0.39 is 0 Å². The molecule has 0 aromatic heterocycles. The summed E-state index contributed by atoms with van der Waals surface area (Å²) in [5, 5.41) is 2.93. The van der Waals surface area contributed by atoms with Gasteiger partial charge in [-0.3, -0.25) is 4.79 Å². The molecule has 0 aromatic carbocycles. The summed E-state index contributed by atoms with van der Waals surface area (Å²) >= 11 is 0. The third-order valence-electron chi connectivity index (χ3n) is 2.04. The van der Waals surface area contributed by atoms with Crippen LogP contribution in [0, 0.1) is 5.92 Å². The molecule has 0 heterocycles. The van der Waals surface area contributed by atoms with Crippen LogP contribution in [0.25, 0.3) is 0 Å². The van der Waals surface area contributed by atoms with E-state index in [1.54, 1.807) is 0 Å². The summed E-state index contributed by atoms with van der Waals surface area (Å²) in [7, 11) is 0. The smallest absolute Gasteiger partial charge is 0.219 e. The Balaban J connectivity index is 3.17. The van der Waals surface area contributed by atoms with Gasteiger partial charge in [-0.15, -0.1) is 0 Å². The molecular weight excluding hydrogens is 162 g/mol. The van der Waals surface area contributed by atoms with Gasteiger partial charge in [0.2, 0.25) is 5.91 Å². The zero-order valence-corrected chi connectivity index (χ0v) is 9.23. The quantitative estimate of drug-likeness (QED) is 0.607.